The molecule has 0 aromatic carbocycles. The first-order chi connectivity index (χ1) is 15.7. The van der Waals surface area contributed by atoms with Gasteiger partial charge in [-0.15, -0.1) is 0 Å². The summed E-state index contributed by atoms with van der Waals surface area (Å²) < 4.78 is 35.2. The average Bonchev–Trinajstić information content (AvgIpc) is 3.37. The number of pyridine rings is 2. The van der Waals surface area contributed by atoms with E-state index >= 15 is 0 Å². The number of carbonyl (C=O) groups excluding carboxylic acids is 2. The Morgan fingerprint density at radius 3 is 2.88 bits per heavy atom. The van der Waals surface area contributed by atoms with E-state index in [0.29, 0.717) is 16.7 Å². The lowest BCUT2D eigenvalue weighted by Gasteiger charge is -2.25. The van der Waals surface area contributed by atoms with E-state index in [2.05, 4.69) is 20.6 Å². The molecule has 2 N–H and O–H groups in total. The molecule has 0 saturated heterocycles. The molecular weight excluding hydrogens is 436 g/mol. The minimum Gasteiger partial charge on any atom is -0.471 e. The van der Waals surface area contributed by atoms with E-state index in [0.717, 1.165) is 5.56 Å². The van der Waals surface area contributed by atoms with Gasteiger partial charge in [-0.3, -0.25) is 9.59 Å². The van der Waals surface area contributed by atoms with E-state index in [9.17, 15) is 18.4 Å². The number of hydrogen-bond acceptors (Lipinski definition) is 7. The van der Waals surface area contributed by atoms with Gasteiger partial charge in [0, 0.05) is 42.2 Å². The van der Waals surface area contributed by atoms with Crippen molar-refractivity contribution in [3.8, 4) is 5.88 Å². The van der Waals surface area contributed by atoms with Gasteiger partial charge in [0.15, 0.2) is 6.61 Å². The minimum atomic E-state index is -2.59. The zero-order valence-corrected chi connectivity index (χ0v) is 18.3. The Hall–Kier alpha value is -3.76. The van der Waals surface area contributed by atoms with Gasteiger partial charge in [-0.2, -0.15) is 0 Å². The fourth-order valence-electron chi connectivity index (χ4n) is 3.70. The normalized spacial score (nSPS) is 19.8. The Labute approximate surface area is 188 Å². The third kappa shape index (κ3) is 4.30. The Balaban J connectivity index is 1.52. The van der Waals surface area contributed by atoms with Gasteiger partial charge < -0.3 is 25.0 Å². The number of nitrogens with one attached hydrogen (secondary N) is 2. The molecule has 0 radical (unpaired) electrons. The summed E-state index contributed by atoms with van der Waals surface area (Å²) in [5.41, 5.74) is 1.08. The summed E-state index contributed by atoms with van der Waals surface area (Å²) in [6.45, 7) is 4.62. The lowest BCUT2D eigenvalue weighted by molar-refractivity contribution is -0.133. The quantitative estimate of drug-likeness (QED) is 0.656. The molecule has 0 saturated carbocycles. The van der Waals surface area contributed by atoms with Crippen LogP contribution in [-0.4, -0.2) is 45.4 Å². The highest BCUT2D eigenvalue weighted by molar-refractivity contribution is 6.02. The summed E-state index contributed by atoms with van der Waals surface area (Å²) in [5, 5.41) is 5.56. The van der Waals surface area contributed by atoms with E-state index in [1.807, 2.05) is 6.92 Å². The van der Waals surface area contributed by atoms with Crippen molar-refractivity contribution in [2.24, 2.45) is 0 Å². The Kier molecular flexibility index (Phi) is 5.88. The zero-order valence-electron chi connectivity index (χ0n) is 18.3. The molecule has 9 nitrogen and oxygen atoms in total. The number of anilines is 1. The molecule has 2 amide bonds. The Bertz CT molecular complexity index is 1120. The summed E-state index contributed by atoms with van der Waals surface area (Å²) in [6.07, 6.45) is 3.28. The fourth-order valence-corrected chi connectivity index (χ4v) is 3.70. The summed E-state index contributed by atoms with van der Waals surface area (Å²) in [6, 6.07) is 3.00. The molecule has 2 aromatic rings. The second-order valence-corrected chi connectivity index (χ2v) is 7.94. The van der Waals surface area contributed by atoms with Crippen LogP contribution >= 0.6 is 0 Å². The van der Waals surface area contributed by atoms with Gasteiger partial charge in [0.25, 0.3) is 24.0 Å². The van der Waals surface area contributed by atoms with Crippen LogP contribution in [0, 0.1) is 6.92 Å². The molecule has 2 aromatic heterocycles. The average molecular weight is 459 g/mol. The van der Waals surface area contributed by atoms with Gasteiger partial charge >= 0.3 is 0 Å². The van der Waals surface area contributed by atoms with Crippen LogP contribution in [0.1, 0.15) is 46.9 Å². The Morgan fingerprint density at radius 1 is 1.42 bits per heavy atom. The van der Waals surface area contributed by atoms with Crippen molar-refractivity contribution < 1.29 is 27.8 Å². The number of rotatable bonds is 7. The van der Waals surface area contributed by atoms with Crippen molar-refractivity contribution in [1.82, 2.24) is 20.2 Å². The van der Waals surface area contributed by atoms with Crippen molar-refractivity contribution >= 4 is 17.6 Å². The summed E-state index contributed by atoms with van der Waals surface area (Å²) in [7, 11) is 0. The maximum Gasteiger partial charge on any atom is 0.290 e. The number of aryl methyl sites for hydroxylation is 1. The van der Waals surface area contributed by atoms with E-state index < -0.39 is 24.7 Å². The maximum absolute atomic E-state index is 13.1. The number of amides is 2. The summed E-state index contributed by atoms with van der Waals surface area (Å²) >= 11 is 0. The SMILES string of the molecule is Cc1cc(C(C)N2Cc3c(ccnc3NC(=O)C3(C)NC=CO3)C2=O)cnc1OCC(F)F. The number of fused-ring (bicyclic) bond motifs is 1. The van der Waals surface area contributed by atoms with E-state index in [1.54, 1.807) is 30.9 Å². The van der Waals surface area contributed by atoms with Gasteiger partial charge in [-0.05, 0) is 31.5 Å². The lowest BCUT2D eigenvalue weighted by Crippen LogP contribution is -2.49. The van der Waals surface area contributed by atoms with Crippen LogP contribution in [0.4, 0.5) is 14.6 Å². The van der Waals surface area contributed by atoms with E-state index in [1.165, 1.54) is 24.9 Å². The van der Waals surface area contributed by atoms with Crippen LogP contribution in [0.2, 0.25) is 0 Å². The van der Waals surface area contributed by atoms with Gasteiger partial charge in [0.05, 0.1) is 12.6 Å². The molecule has 2 aliphatic rings. The predicted octanol–water partition coefficient (Wildman–Crippen LogP) is 2.89. The van der Waals surface area contributed by atoms with Crippen LogP contribution < -0.4 is 15.4 Å². The summed E-state index contributed by atoms with van der Waals surface area (Å²) in [4.78, 5) is 35.8. The van der Waals surface area contributed by atoms with Gasteiger partial charge in [0.2, 0.25) is 5.88 Å². The molecule has 4 heterocycles. The maximum atomic E-state index is 13.1. The highest BCUT2D eigenvalue weighted by Crippen LogP contribution is 2.35. The topological polar surface area (TPSA) is 106 Å². The largest absolute Gasteiger partial charge is 0.471 e. The van der Waals surface area contributed by atoms with Crippen LogP contribution in [0.15, 0.2) is 37.0 Å². The highest BCUT2D eigenvalue weighted by atomic mass is 19.3. The number of ether oxygens (including phenoxy) is 2. The summed E-state index contributed by atoms with van der Waals surface area (Å²) in [5.74, 6) is -0.257. The first kappa shape index (κ1) is 22.4. The smallest absolute Gasteiger partial charge is 0.290 e. The van der Waals surface area contributed by atoms with Gasteiger partial charge in [-0.1, -0.05) is 0 Å². The van der Waals surface area contributed by atoms with Gasteiger partial charge in [0.1, 0.15) is 12.1 Å². The standard InChI is InChI=1S/C22H23F2N5O4/c1-12-8-14(9-26-19(12)32-11-17(23)24)13(2)29-10-16-15(20(29)30)4-5-25-18(16)28-21(31)22(3)27-6-7-33-22/h4-9,13,17,27H,10-11H2,1-3H3,(H,25,28,31). The number of nitrogens with zero attached hydrogens (tertiary/aromatic N) is 3. The van der Waals surface area contributed by atoms with E-state index in [4.69, 9.17) is 9.47 Å². The molecule has 0 bridgehead atoms. The lowest BCUT2D eigenvalue weighted by atomic mass is 10.1. The molecule has 0 spiro atoms. The molecule has 11 heteroatoms. The predicted molar refractivity (Wildman–Crippen MR) is 113 cm³/mol. The number of halogens is 2. The van der Waals surface area contributed by atoms with Crippen LogP contribution in [0.25, 0.3) is 0 Å². The fraction of sp³-hybridized carbons (Fsp3) is 0.364. The van der Waals surface area contributed by atoms with E-state index in [-0.39, 0.29) is 30.2 Å². The van der Waals surface area contributed by atoms with Crippen molar-refractivity contribution in [3.05, 3.63) is 59.2 Å². The molecule has 174 valence electrons. The molecule has 0 aliphatic carbocycles. The third-order valence-electron chi connectivity index (χ3n) is 5.62. The number of aromatic nitrogens is 2. The molecule has 4 rings (SSSR count). The molecule has 2 aliphatic heterocycles. The first-order valence-electron chi connectivity index (χ1n) is 10.3. The molecule has 33 heavy (non-hydrogen) atoms. The van der Waals surface area contributed by atoms with Crippen molar-refractivity contribution in [1.29, 1.82) is 0 Å². The second kappa shape index (κ2) is 8.64. The van der Waals surface area contributed by atoms with Crippen LogP contribution in [0.3, 0.4) is 0 Å². The number of hydrogen-bond donors (Lipinski definition) is 2. The third-order valence-corrected chi connectivity index (χ3v) is 5.62. The van der Waals surface area contributed by atoms with Crippen molar-refractivity contribution in [2.45, 2.75) is 45.5 Å². The van der Waals surface area contributed by atoms with Crippen LogP contribution in [0.5, 0.6) is 5.88 Å². The second-order valence-electron chi connectivity index (χ2n) is 7.94. The van der Waals surface area contributed by atoms with Crippen molar-refractivity contribution in [3.63, 3.8) is 0 Å². The molecule has 2 atom stereocenters. The highest BCUT2D eigenvalue weighted by Gasteiger charge is 2.39. The Morgan fingerprint density at radius 2 is 2.21 bits per heavy atom. The molecular formula is C22H23F2N5O4. The molecule has 2 unspecified atom stereocenters. The minimum absolute atomic E-state index is 0.127. The number of carbonyl (C=O) groups is 2. The monoisotopic (exact) mass is 459 g/mol. The molecule has 0 fully saturated rings. The first-order valence-corrected chi connectivity index (χ1v) is 10.3. The van der Waals surface area contributed by atoms with Crippen molar-refractivity contribution in [2.75, 3.05) is 11.9 Å². The van der Waals surface area contributed by atoms with Crippen LogP contribution in [-0.2, 0) is 16.1 Å². The zero-order chi connectivity index (χ0) is 23.8. The number of alkyl halides is 2. The van der Waals surface area contributed by atoms with Gasteiger partial charge in [-0.25, -0.2) is 18.7 Å².